The highest BCUT2D eigenvalue weighted by atomic mass is 19.1. The third-order valence-corrected chi connectivity index (χ3v) is 3.79. The minimum absolute atomic E-state index is 0.278. The molecule has 19 heavy (non-hydrogen) atoms. The molecule has 0 fully saturated rings. The van der Waals surface area contributed by atoms with Crippen LogP contribution in [0.2, 0.25) is 0 Å². The molecule has 0 aliphatic heterocycles. The zero-order valence-electron chi connectivity index (χ0n) is 11.7. The Hall–Kier alpha value is -1.62. The molecule has 106 valence electrons. The Kier molecular flexibility index (Phi) is 5.30. The van der Waals surface area contributed by atoms with Crippen molar-refractivity contribution in [3.63, 3.8) is 0 Å². The summed E-state index contributed by atoms with van der Waals surface area (Å²) in [7, 11) is 1.72. The highest BCUT2D eigenvalue weighted by Crippen LogP contribution is 2.22. The van der Waals surface area contributed by atoms with E-state index in [-0.39, 0.29) is 17.4 Å². The number of anilines is 1. The topological polar surface area (TPSA) is 58.4 Å². The number of amides is 2. The van der Waals surface area contributed by atoms with E-state index < -0.39 is 0 Å². The van der Waals surface area contributed by atoms with Gasteiger partial charge >= 0.3 is 6.03 Å². The van der Waals surface area contributed by atoms with Gasteiger partial charge in [-0.25, -0.2) is 9.18 Å². The molecule has 3 N–H and O–H groups in total. The summed E-state index contributed by atoms with van der Waals surface area (Å²) < 4.78 is 13.1. The van der Waals surface area contributed by atoms with Gasteiger partial charge in [0.15, 0.2) is 0 Å². The molecular weight excluding hydrogens is 245 g/mol. The number of benzene rings is 1. The van der Waals surface area contributed by atoms with Crippen molar-refractivity contribution in [3.05, 3.63) is 30.1 Å². The van der Waals surface area contributed by atoms with Crippen molar-refractivity contribution >= 4 is 11.7 Å². The molecule has 4 nitrogen and oxygen atoms in total. The van der Waals surface area contributed by atoms with Crippen LogP contribution in [0.15, 0.2) is 24.3 Å². The molecule has 0 unspecified atom stereocenters. The second kappa shape index (κ2) is 6.52. The molecule has 1 aromatic rings. The highest BCUT2D eigenvalue weighted by Gasteiger charge is 2.32. The number of hydrogen-bond donors (Lipinski definition) is 2. The third kappa shape index (κ3) is 3.44. The molecule has 0 saturated heterocycles. The molecule has 0 heterocycles. The van der Waals surface area contributed by atoms with Crippen molar-refractivity contribution in [1.82, 2.24) is 4.90 Å². The second-order valence-electron chi connectivity index (χ2n) is 4.64. The maximum absolute atomic E-state index is 13.1. The van der Waals surface area contributed by atoms with E-state index in [1.807, 2.05) is 13.8 Å². The lowest BCUT2D eigenvalue weighted by Gasteiger charge is -2.39. The fraction of sp³-hybridized carbons (Fsp3) is 0.500. The van der Waals surface area contributed by atoms with E-state index in [1.54, 1.807) is 24.1 Å². The molecule has 5 heteroatoms. The Bertz CT molecular complexity index is 424. The minimum Gasteiger partial charge on any atom is -0.328 e. The first-order valence-corrected chi connectivity index (χ1v) is 6.49. The maximum Gasteiger partial charge on any atom is 0.322 e. The summed E-state index contributed by atoms with van der Waals surface area (Å²) in [6, 6.07) is 5.55. The zero-order valence-corrected chi connectivity index (χ0v) is 11.7. The van der Waals surface area contributed by atoms with Crippen LogP contribution in [-0.4, -0.2) is 30.1 Å². The molecule has 1 aromatic carbocycles. The summed E-state index contributed by atoms with van der Waals surface area (Å²) >= 11 is 0. The average Bonchev–Trinajstić information content (AvgIpc) is 2.41. The van der Waals surface area contributed by atoms with Gasteiger partial charge in [0, 0.05) is 19.3 Å². The summed E-state index contributed by atoms with van der Waals surface area (Å²) in [4.78, 5) is 13.8. The minimum atomic E-state index is -0.378. The predicted octanol–water partition coefficient (Wildman–Crippen LogP) is 2.81. The van der Waals surface area contributed by atoms with E-state index in [1.165, 1.54) is 12.1 Å². The number of carbonyl (C=O) groups excluding carboxylic acids is 1. The van der Waals surface area contributed by atoms with Crippen molar-refractivity contribution in [2.24, 2.45) is 5.73 Å². The van der Waals surface area contributed by atoms with Crippen LogP contribution in [0.3, 0.4) is 0 Å². The summed E-state index contributed by atoms with van der Waals surface area (Å²) in [5.41, 5.74) is 5.88. The molecule has 0 saturated carbocycles. The normalized spacial score (nSPS) is 11.2. The largest absolute Gasteiger partial charge is 0.328 e. The molecule has 0 aromatic heterocycles. The van der Waals surface area contributed by atoms with Gasteiger partial charge in [0.25, 0.3) is 0 Å². The fourth-order valence-electron chi connectivity index (χ4n) is 2.14. The monoisotopic (exact) mass is 267 g/mol. The Morgan fingerprint density at radius 1 is 1.42 bits per heavy atom. The number of nitrogens with zero attached hydrogens (tertiary/aromatic N) is 1. The van der Waals surface area contributed by atoms with Crippen LogP contribution in [0.1, 0.15) is 26.7 Å². The Morgan fingerprint density at radius 2 is 2.05 bits per heavy atom. The van der Waals surface area contributed by atoms with Gasteiger partial charge in [0.2, 0.25) is 0 Å². The van der Waals surface area contributed by atoms with Gasteiger partial charge in [-0.15, -0.1) is 0 Å². The quantitative estimate of drug-likeness (QED) is 0.861. The number of likely N-dealkylation sites (N-methyl/N-ethyl adjacent to an activating group) is 1. The van der Waals surface area contributed by atoms with Crippen LogP contribution < -0.4 is 11.1 Å². The number of urea groups is 1. The summed E-state index contributed by atoms with van der Waals surface area (Å²) in [6.07, 6.45) is 1.54. The number of halogens is 1. The SMILES string of the molecule is CCC(CC)(CN)N(C)C(=O)Nc1cccc(F)c1. The van der Waals surface area contributed by atoms with Crippen molar-refractivity contribution in [2.45, 2.75) is 32.2 Å². The van der Waals surface area contributed by atoms with Crippen LogP contribution >= 0.6 is 0 Å². The van der Waals surface area contributed by atoms with E-state index in [0.717, 1.165) is 12.8 Å². The zero-order chi connectivity index (χ0) is 14.5. The van der Waals surface area contributed by atoms with E-state index in [9.17, 15) is 9.18 Å². The molecule has 0 atom stereocenters. The van der Waals surface area contributed by atoms with Crippen molar-refractivity contribution in [2.75, 3.05) is 18.9 Å². The van der Waals surface area contributed by atoms with Gasteiger partial charge in [-0.3, -0.25) is 0 Å². The summed E-state index contributed by atoms with van der Waals surface area (Å²) in [5.74, 6) is -0.378. The van der Waals surface area contributed by atoms with Crippen molar-refractivity contribution < 1.29 is 9.18 Å². The molecule has 2 amide bonds. The lowest BCUT2D eigenvalue weighted by Crippen LogP contribution is -2.55. The smallest absolute Gasteiger partial charge is 0.322 e. The standard InChI is InChI=1S/C14H22FN3O/c1-4-14(5-2,10-16)18(3)13(19)17-12-8-6-7-11(15)9-12/h6-9H,4-5,10,16H2,1-3H3,(H,17,19). The van der Waals surface area contributed by atoms with Crippen LogP contribution in [0.5, 0.6) is 0 Å². The van der Waals surface area contributed by atoms with E-state index in [4.69, 9.17) is 5.73 Å². The number of nitrogens with one attached hydrogen (secondary N) is 1. The molecule has 0 aliphatic rings. The number of carbonyl (C=O) groups is 1. The van der Waals surface area contributed by atoms with Gasteiger partial charge in [-0.2, -0.15) is 0 Å². The molecule has 0 spiro atoms. The van der Waals surface area contributed by atoms with Gasteiger partial charge in [0.05, 0.1) is 5.54 Å². The van der Waals surface area contributed by atoms with Gasteiger partial charge < -0.3 is 16.0 Å². The van der Waals surface area contributed by atoms with Crippen LogP contribution in [0, 0.1) is 5.82 Å². The Labute approximate surface area is 113 Å². The number of hydrogen-bond acceptors (Lipinski definition) is 2. The molecule has 1 rings (SSSR count). The lowest BCUT2D eigenvalue weighted by atomic mass is 9.91. The van der Waals surface area contributed by atoms with Crippen LogP contribution in [-0.2, 0) is 0 Å². The molecular formula is C14H22FN3O. The Balaban J connectivity index is 2.82. The first-order chi connectivity index (χ1) is 8.99. The predicted molar refractivity (Wildman–Crippen MR) is 75.5 cm³/mol. The molecule has 0 aliphatic carbocycles. The first kappa shape index (κ1) is 15.4. The lowest BCUT2D eigenvalue weighted by molar-refractivity contribution is 0.140. The maximum atomic E-state index is 13.1. The second-order valence-corrected chi connectivity index (χ2v) is 4.64. The highest BCUT2D eigenvalue weighted by molar-refractivity contribution is 5.89. The van der Waals surface area contributed by atoms with Crippen LogP contribution in [0.4, 0.5) is 14.9 Å². The number of nitrogens with two attached hydrogens (primary N) is 1. The number of rotatable bonds is 5. The summed E-state index contributed by atoms with van der Waals surface area (Å²) in [6.45, 7) is 4.40. The third-order valence-electron chi connectivity index (χ3n) is 3.79. The van der Waals surface area contributed by atoms with Gasteiger partial charge in [-0.1, -0.05) is 19.9 Å². The Morgan fingerprint density at radius 3 is 2.53 bits per heavy atom. The van der Waals surface area contributed by atoms with E-state index in [0.29, 0.717) is 12.2 Å². The summed E-state index contributed by atoms with van der Waals surface area (Å²) in [5, 5.41) is 2.68. The molecule has 0 bridgehead atoms. The average molecular weight is 267 g/mol. The first-order valence-electron chi connectivity index (χ1n) is 6.49. The van der Waals surface area contributed by atoms with E-state index in [2.05, 4.69) is 5.32 Å². The van der Waals surface area contributed by atoms with Crippen LogP contribution in [0.25, 0.3) is 0 Å². The van der Waals surface area contributed by atoms with Crippen molar-refractivity contribution in [1.29, 1.82) is 0 Å². The van der Waals surface area contributed by atoms with E-state index >= 15 is 0 Å². The van der Waals surface area contributed by atoms with Gasteiger partial charge in [-0.05, 0) is 31.0 Å². The van der Waals surface area contributed by atoms with Crippen molar-refractivity contribution in [3.8, 4) is 0 Å². The fourth-order valence-corrected chi connectivity index (χ4v) is 2.14. The van der Waals surface area contributed by atoms with Gasteiger partial charge in [0.1, 0.15) is 5.82 Å². The molecule has 0 radical (unpaired) electrons.